The molecule has 1 amide bonds. The number of hydrogen-bond acceptors (Lipinski definition) is 5. The fourth-order valence-electron chi connectivity index (χ4n) is 2.71. The smallest absolute Gasteiger partial charge is 0.243 e. The Balaban J connectivity index is 1.65. The fraction of sp³-hybridized carbons (Fsp3) is 0.263. The summed E-state index contributed by atoms with van der Waals surface area (Å²) in [5, 5.41) is 17.6. The number of carbonyl (C=O) groups excluding carboxylic acids is 1. The largest absolute Gasteiger partial charge is 0.376 e. The number of rotatable bonds is 6. The van der Waals surface area contributed by atoms with Crippen molar-refractivity contribution in [2.45, 2.75) is 26.7 Å². The topological polar surface area (TPSA) is 84.7 Å². The zero-order chi connectivity index (χ0) is 18.5. The summed E-state index contributed by atoms with van der Waals surface area (Å²) >= 11 is 0. The number of anilines is 2. The Morgan fingerprint density at radius 3 is 2.69 bits per heavy atom. The molecule has 26 heavy (non-hydrogen) atoms. The number of hydrogen-bond donors (Lipinski definition) is 2. The van der Waals surface area contributed by atoms with Gasteiger partial charge in [0, 0.05) is 11.4 Å². The molecule has 0 radical (unpaired) electrons. The van der Waals surface area contributed by atoms with Gasteiger partial charge in [0.2, 0.25) is 5.91 Å². The second-order valence-corrected chi connectivity index (χ2v) is 6.33. The van der Waals surface area contributed by atoms with Gasteiger partial charge in [-0.3, -0.25) is 4.79 Å². The number of amides is 1. The predicted octanol–water partition coefficient (Wildman–Crippen LogP) is 3.14. The van der Waals surface area contributed by atoms with Gasteiger partial charge in [-0.25, -0.2) is 0 Å². The third-order valence-electron chi connectivity index (χ3n) is 4.03. The predicted molar refractivity (Wildman–Crippen MR) is 102 cm³/mol. The molecule has 0 fully saturated rings. The molecule has 2 aromatic carbocycles. The molecule has 7 heteroatoms. The van der Waals surface area contributed by atoms with Gasteiger partial charge < -0.3 is 10.6 Å². The first-order valence-corrected chi connectivity index (χ1v) is 8.52. The molecule has 0 aliphatic carbocycles. The summed E-state index contributed by atoms with van der Waals surface area (Å²) in [5.74, 6) is 0.947. The Bertz CT molecular complexity index is 902. The van der Waals surface area contributed by atoms with Crippen LogP contribution in [0.2, 0.25) is 0 Å². The number of nitrogens with zero attached hydrogens (tertiary/aromatic N) is 4. The van der Waals surface area contributed by atoms with Crippen LogP contribution in [-0.4, -0.2) is 32.7 Å². The molecular formula is C19H22N6O. The molecule has 0 aliphatic rings. The lowest BCUT2D eigenvalue weighted by molar-refractivity contribution is -0.114. The number of tetrazole rings is 1. The molecule has 1 heterocycles. The van der Waals surface area contributed by atoms with Crippen LogP contribution in [0, 0.1) is 6.92 Å². The van der Waals surface area contributed by atoms with Crippen molar-refractivity contribution in [3.63, 3.8) is 0 Å². The Kier molecular flexibility index (Phi) is 5.26. The molecule has 0 saturated heterocycles. The van der Waals surface area contributed by atoms with E-state index in [0.29, 0.717) is 11.7 Å². The Hall–Kier alpha value is -3.22. The average Bonchev–Trinajstić information content (AvgIpc) is 3.06. The van der Waals surface area contributed by atoms with Crippen LogP contribution < -0.4 is 10.6 Å². The normalized spacial score (nSPS) is 10.8. The number of aryl methyl sites for hydroxylation is 1. The number of para-hydroxylation sites is 1. The first-order valence-electron chi connectivity index (χ1n) is 8.52. The van der Waals surface area contributed by atoms with Gasteiger partial charge in [-0.2, -0.15) is 4.68 Å². The highest BCUT2D eigenvalue weighted by Crippen LogP contribution is 2.23. The molecule has 1 aromatic heterocycles. The van der Waals surface area contributed by atoms with Crippen molar-refractivity contribution < 1.29 is 4.79 Å². The van der Waals surface area contributed by atoms with Gasteiger partial charge in [-0.1, -0.05) is 38.1 Å². The van der Waals surface area contributed by atoms with Crippen molar-refractivity contribution in [1.29, 1.82) is 0 Å². The lowest BCUT2D eigenvalue weighted by Gasteiger charge is -2.14. The highest BCUT2D eigenvalue weighted by atomic mass is 16.1. The molecule has 0 aliphatic heterocycles. The maximum Gasteiger partial charge on any atom is 0.243 e. The molecule has 134 valence electrons. The molecule has 3 rings (SSSR count). The number of benzene rings is 2. The van der Waals surface area contributed by atoms with Crippen LogP contribution in [0.1, 0.15) is 31.2 Å². The van der Waals surface area contributed by atoms with E-state index in [0.717, 1.165) is 22.6 Å². The van der Waals surface area contributed by atoms with E-state index in [1.807, 2.05) is 55.5 Å². The Labute approximate surface area is 152 Å². The number of carbonyl (C=O) groups is 1. The standard InChI is InChI=1S/C19H22N6O/c1-13(2)17-9-4-5-10-18(17)21-19(26)12-20-15-7-6-8-16(11-15)25-14(3)22-23-24-25/h4-11,13,20H,12H2,1-3H3,(H,21,26). The molecule has 2 N–H and O–H groups in total. The Morgan fingerprint density at radius 1 is 1.15 bits per heavy atom. The fourth-order valence-corrected chi connectivity index (χ4v) is 2.71. The van der Waals surface area contributed by atoms with E-state index in [2.05, 4.69) is 40.0 Å². The van der Waals surface area contributed by atoms with Crippen LogP contribution in [0.15, 0.2) is 48.5 Å². The van der Waals surface area contributed by atoms with Crippen LogP contribution in [0.25, 0.3) is 5.69 Å². The molecule has 3 aromatic rings. The van der Waals surface area contributed by atoms with E-state index in [-0.39, 0.29) is 12.5 Å². The summed E-state index contributed by atoms with van der Waals surface area (Å²) in [5.41, 5.74) is 3.64. The number of nitrogens with one attached hydrogen (secondary N) is 2. The van der Waals surface area contributed by atoms with Crippen LogP contribution in [0.3, 0.4) is 0 Å². The lowest BCUT2D eigenvalue weighted by Crippen LogP contribution is -2.22. The van der Waals surface area contributed by atoms with Crippen molar-refractivity contribution >= 4 is 17.3 Å². The average molecular weight is 350 g/mol. The quantitative estimate of drug-likeness (QED) is 0.713. The Morgan fingerprint density at radius 2 is 1.96 bits per heavy atom. The van der Waals surface area contributed by atoms with Gasteiger partial charge in [0.25, 0.3) is 0 Å². The van der Waals surface area contributed by atoms with E-state index in [1.165, 1.54) is 0 Å². The van der Waals surface area contributed by atoms with Crippen LogP contribution in [-0.2, 0) is 4.79 Å². The maximum absolute atomic E-state index is 12.3. The SMILES string of the molecule is Cc1nnnn1-c1cccc(NCC(=O)Nc2ccccc2C(C)C)c1. The van der Waals surface area contributed by atoms with Crippen molar-refractivity contribution in [3.8, 4) is 5.69 Å². The molecule has 0 bridgehead atoms. The molecule has 0 unspecified atom stereocenters. The summed E-state index contributed by atoms with van der Waals surface area (Å²) in [6.45, 7) is 6.22. The zero-order valence-electron chi connectivity index (χ0n) is 15.1. The molecule has 0 atom stereocenters. The van der Waals surface area contributed by atoms with Crippen molar-refractivity contribution in [3.05, 3.63) is 59.9 Å². The minimum Gasteiger partial charge on any atom is -0.376 e. The van der Waals surface area contributed by atoms with Crippen LogP contribution >= 0.6 is 0 Å². The van der Waals surface area contributed by atoms with Gasteiger partial charge in [0.15, 0.2) is 5.82 Å². The van der Waals surface area contributed by atoms with E-state index in [9.17, 15) is 4.79 Å². The van der Waals surface area contributed by atoms with Gasteiger partial charge in [-0.15, -0.1) is 5.10 Å². The molecule has 7 nitrogen and oxygen atoms in total. The van der Waals surface area contributed by atoms with Crippen LogP contribution in [0.5, 0.6) is 0 Å². The molecule has 0 spiro atoms. The maximum atomic E-state index is 12.3. The van der Waals surface area contributed by atoms with Gasteiger partial charge in [0.05, 0.1) is 12.2 Å². The first kappa shape index (κ1) is 17.6. The van der Waals surface area contributed by atoms with Gasteiger partial charge >= 0.3 is 0 Å². The highest BCUT2D eigenvalue weighted by Gasteiger charge is 2.09. The summed E-state index contributed by atoms with van der Waals surface area (Å²) in [7, 11) is 0. The minimum atomic E-state index is -0.0953. The first-order chi connectivity index (χ1) is 12.5. The van der Waals surface area contributed by atoms with Crippen molar-refractivity contribution in [2.75, 3.05) is 17.2 Å². The summed E-state index contributed by atoms with van der Waals surface area (Å²) in [6, 6.07) is 15.5. The van der Waals surface area contributed by atoms with E-state index >= 15 is 0 Å². The van der Waals surface area contributed by atoms with Gasteiger partial charge in [0.1, 0.15) is 0 Å². The van der Waals surface area contributed by atoms with Crippen LogP contribution in [0.4, 0.5) is 11.4 Å². The summed E-state index contributed by atoms with van der Waals surface area (Å²) in [4.78, 5) is 12.3. The van der Waals surface area contributed by atoms with E-state index < -0.39 is 0 Å². The third-order valence-corrected chi connectivity index (χ3v) is 4.03. The second kappa shape index (κ2) is 7.77. The highest BCUT2D eigenvalue weighted by molar-refractivity contribution is 5.94. The lowest BCUT2D eigenvalue weighted by atomic mass is 10.0. The third kappa shape index (κ3) is 4.05. The molecular weight excluding hydrogens is 328 g/mol. The van der Waals surface area contributed by atoms with E-state index in [4.69, 9.17) is 0 Å². The molecule has 0 saturated carbocycles. The monoisotopic (exact) mass is 350 g/mol. The second-order valence-electron chi connectivity index (χ2n) is 6.33. The summed E-state index contributed by atoms with van der Waals surface area (Å²) < 4.78 is 1.64. The van der Waals surface area contributed by atoms with Gasteiger partial charge in [-0.05, 0) is 53.1 Å². The zero-order valence-corrected chi connectivity index (χ0v) is 15.1. The van der Waals surface area contributed by atoms with Crippen molar-refractivity contribution in [1.82, 2.24) is 20.2 Å². The minimum absolute atomic E-state index is 0.0953. The van der Waals surface area contributed by atoms with Crippen molar-refractivity contribution in [2.24, 2.45) is 0 Å². The summed E-state index contributed by atoms with van der Waals surface area (Å²) in [6.07, 6.45) is 0. The number of aromatic nitrogens is 4. The van der Waals surface area contributed by atoms with E-state index in [1.54, 1.807) is 4.68 Å².